The van der Waals surface area contributed by atoms with E-state index in [0.717, 1.165) is 42.8 Å². The molecule has 2 rings (SSSR count). The normalized spacial score (nSPS) is 12.1. The van der Waals surface area contributed by atoms with Crippen molar-refractivity contribution in [2.75, 3.05) is 25.1 Å². The minimum atomic E-state index is -2.89. The maximum absolute atomic E-state index is 11.1. The topological polar surface area (TPSA) is 64.0 Å². The van der Waals surface area contributed by atoms with Crippen molar-refractivity contribution in [2.45, 2.75) is 26.3 Å². The smallest absolute Gasteiger partial charge is 0.148 e. The average molecular weight is 309 g/mol. The summed E-state index contributed by atoms with van der Waals surface area (Å²) in [5.41, 5.74) is 2.17. The predicted octanol–water partition coefficient (Wildman–Crippen LogP) is 1.62. The van der Waals surface area contributed by atoms with E-state index in [-0.39, 0.29) is 5.75 Å². The van der Waals surface area contributed by atoms with Crippen LogP contribution >= 0.6 is 0 Å². The molecule has 0 aliphatic rings. The Morgan fingerprint density at radius 2 is 2.00 bits per heavy atom. The third-order valence-corrected chi connectivity index (χ3v) is 4.31. The van der Waals surface area contributed by atoms with Crippen LogP contribution in [0, 0.1) is 0 Å². The quantitative estimate of drug-likeness (QED) is 0.753. The van der Waals surface area contributed by atoms with Gasteiger partial charge in [0, 0.05) is 32.3 Å². The maximum atomic E-state index is 11.1. The summed E-state index contributed by atoms with van der Waals surface area (Å²) in [6, 6.07) is 8.13. The Balaban J connectivity index is 2.01. The van der Waals surface area contributed by atoms with Gasteiger partial charge in [-0.1, -0.05) is 19.1 Å². The molecule has 0 saturated heterocycles. The number of para-hydroxylation sites is 2. The molecule has 0 amide bonds. The maximum Gasteiger partial charge on any atom is 0.148 e. The van der Waals surface area contributed by atoms with Gasteiger partial charge in [0.2, 0.25) is 0 Å². The zero-order valence-corrected chi connectivity index (χ0v) is 13.5. The average Bonchev–Trinajstić information content (AvgIpc) is 2.76. The molecule has 1 aromatic heterocycles. The minimum Gasteiger partial charge on any atom is -0.327 e. The first-order chi connectivity index (χ1) is 10.0. The number of aryl methyl sites for hydroxylation is 1. The fourth-order valence-corrected chi connectivity index (χ4v) is 2.88. The molecule has 6 heteroatoms. The summed E-state index contributed by atoms with van der Waals surface area (Å²) in [5.74, 6) is 1.28. The highest BCUT2D eigenvalue weighted by molar-refractivity contribution is 7.90. The molecule has 2 aromatic rings. The van der Waals surface area contributed by atoms with Crippen molar-refractivity contribution in [1.29, 1.82) is 0 Å². The number of hydrogen-bond donors (Lipinski definition) is 1. The fourth-order valence-electron chi connectivity index (χ4n) is 2.36. The number of nitrogens with one attached hydrogen (secondary N) is 1. The van der Waals surface area contributed by atoms with Gasteiger partial charge in [0.25, 0.3) is 0 Å². The van der Waals surface area contributed by atoms with Crippen molar-refractivity contribution in [3.05, 3.63) is 30.1 Å². The molecule has 0 saturated carbocycles. The Kier molecular flexibility index (Phi) is 5.36. The van der Waals surface area contributed by atoms with E-state index in [1.807, 2.05) is 18.2 Å². The Bertz CT molecular complexity index is 692. The summed E-state index contributed by atoms with van der Waals surface area (Å²) >= 11 is 0. The van der Waals surface area contributed by atoms with Gasteiger partial charge in [0.05, 0.1) is 16.8 Å². The van der Waals surface area contributed by atoms with Crippen molar-refractivity contribution in [3.63, 3.8) is 0 Å². The largest absolute Gasteiger partial charge is 0.327 e. The molecule has 0 bridgehead atoms. The van der Waals surface area contributed by atoms with E-state index >= 15 is 0 Å². The van der Waals surface area contributed by atoms with Crippen LogP contribution in [0.15, 0.2) is 24.3 Å². The lowest BCUT2D eigenvalue weighted by atomic mass is 10.3. The monoisotopic (exact) mass is 309 g/mol. The molecule has 0 aliphatic heterocycles. The summed E-state index contributed by atoms with van der Waals surface area (Å²) in [4.78, 5) is 4.68. The molecule has 1 N–H and O–H groups in total. The molecule has 0 spiro atoms. The van der Waals surface area contributed by atoms with Gasteiger partial charge in [-0.3, -0.25) is 0 Å². The first-order valence-electron chi connectivity index (χ1n) is 7.34. The van der Waals surface area contributed by atoms with Crippen molar-refractivity contribution in [3.8, 4) is 0 Å². The van der Waals surface area contributed by atoms with Crippen LogP contribution in [0.3, 0.4) is 0 Å². The van der Waals surface area contributed by atoms with Crippen LogP contribution in [0.5, 0.6) is 0 Å². The van der Waals surface area contributed by atoms with E-state index in [1.54, 1.807) is 0 Å². The van der Waals surface area contributed by atoms with Crippen LogP contribution < -0.4 is 5.32 Å². The van der Waals surface area contributed by atoms with E-state index in [2.05, 4.69) is 27.9 Å². The van der Waals surface area contributed by atoms with Crippen molar-refractivity contribution in [2.24, 2.45) is 0 Å². The zero-order chi connectivity index (χ0) is 15.3. The molecule has 0 aliphatic carbocycles. The van der Waals surface area contributed by atoms with Gasteiger partial charge in [-0.25, -0.2) is 13.4 Å². The number of aromatic nitrogens is 2. The Morgan fingerprint density at radius 1 is 1.24 bits per heavy atom. The molecule has 0 radical (unpaired) electrons. The Morgan fingerprint density at radius 3 is 2.71 bits per heavy atom. The highest BCUT2D eigenvalue weighted by Gasteiger charge is 2.09. The van der Waals surface area contributed by atoms with Gasteiger partial charge >= 0.3 is 0 Å². The van der Waals surface area contributed by atoms with Crippen LogP contribution in [0.25, 0.3) is 11.0 Å². The molecule has 0 fully saturated rings. The van der Waals surface area contributed by atoms with E-state index in [1.165, 1.54) is 6.26 Å². The molecule has 5 nitrogen and oxygen atoms in total. The lowest BCUT2D eigenvalue weighted by Crippen LogP contribution is -2.26. The number of nitrogens with zero attached hydrogens (tertiary/aromatic N) is 2. The van der Waals surface area contributed by atoms with Gasteiger partial charge in [-0.15, -0.1) is 0 Å². The molecule has 116 valence electrons. The second-order valence-corrected chi connectivity index (χ2v) is 7.56. The number of benzene rings is 1. The Hall–Kier alpha value is -1.40. The lowest BCUT2D eigenvalue weighted by Gasteiger charge is -2.09. The predicted molar refractivity (Wildman–Crippen MR) is 86.3 cm³/mol. The first kappa shape index (κ1) is 16.0. The Labute approximate surface area is 126 Å². The van der Waals surface area contributed by atoms with Gasteiger partial charge in [0.1, 0.15) is 15.7 Å². The number of fused-ring (bicyclic) bond motifs is 1. The van der Waals surface area contributed by atoms with E-state index in [4.69, 9.17) is 0 Å². The molecule has 0 atom stereocenters. The summed E-state index contributed by atoms with van der Waals surface area (Å²) < 4.78 is 24.4. The minimum absolute atomic E-state index is 0.180. The first-order valence-corrected chi connectivity index (χ1v) is 9.40. The van der Waals surface area contributed by atoms with Gasteiger partial charge in [-0.05, 0) is 18.6 Å². The third kappa shape index (κ3) is 4.54. The summed E-state index contributed by atoms with van der Waals surface area (Å²) in [5, 5.41) is 3.19. The van der Waals surface area contributed by atoms with Crippen molar-refractivity contribution in [1.82, 2.24) is 14.9 Å². The standard InChI is InChI=1S/C15H23N3O2S/c1-3-6-15-17-13-7-4-5-8-14(13)18(15)11-9-16-10-12-21(2,19)20/h4-5,7-8,16H,3,6,9-12H2,1-2H3. The van der Waals surface area contributed by atoms with Crippen LogP contribution in [-0.2, 0) is 22.8 Å². The second kappa shape index (κ2) is 7.04. The van der Waals surface area contributed by atoms with Gasteiger partial charge < -0.3 is 9.88 Å². The molecule has 21 heavy (non-hydrogen) atoms. The molecule has 1 heterocycles. The number of hydrogen-bond acceptors (Lipinski definition) is 4. The van der Waals surface area contributed by atoms with Crippen molar-refractivity contribution >= 4 is 20.9 Å². The van der Waals surface area contributed by atoms with Crippen LogP contribution in [-0.4, -0.2) is 43.1 Å². The highest BCUT2D eigenvalue weighted by atomic mass is 32.2. The second-order valence-electron chi connectivity index (χ2n) is 5.30. The number of rotatable bonds is 8. The molecule has 0 unspecified atom stereocenters. The summed E-state index contributed by atoms with van der Waals surface area (Å²) in [6.07, 6.45) is 3.28. The van der Waals surface area contributed by atoms with Crippen LogP contribution in [0.1, 0.15) is 19.2 Å². The summed E-state index contributed by atoms with van der Waals surface area (Å²) in [6.45, 7) is 4.19. The third-order valence-electron chi connectivity index (χ3n) is 3.37. The van der Waals surface area contributed by atoms with Crippen LogP contribution in [0.4, 0.5) is 0 Å². The fraction of sp³-hybridized carbons (Fsp3) is 0.533. The molecular weight excluding hydrogens is 286 g/mol. The summed E-state index contributed by atoms with van der Waals surface area (Å²) in [7, 11) is -2.89. The van der Waals surface area contributed by atoms with Crippen LogP contribution in [0.2, 0.25) is 0 Å². The van der Waals surface area contributed by atoms with E-state index in [9.17, 15) is 8.42 Å². The lowest BCUT2D eigenvalue weighted by molar-refractivity contribution is 0.581. The van der Waals surface area contributed by atoms with Gasteiger partial charge in [0.15, 0.2) is 0 Å². The number of imidazole rings is 1. The van der Waals surface area contributed by atoms with E-state index in [0.29, 0.717) is 6.54 Å². The SMILES string of the molecule is CCCc1nc2ccccc2n1CCNCCS(C)(=O)=O. The highest BCUT2D eigenvalue weighted by Crippen LogP contribution is 2.16. The van der Waals surface area contributed by atoms with Gasteiger partial charge in [-0.2, -0.15) is 0 Å². The van der Waals surface area contributed by atoms with Crippen molar-refractivity contribution < 1.29 is 8.42 Å². The van der Waals surface area contributed by atoms with E-state index < -0.39 is 9.84 Å². The zero-order valence-electron chi connectivity index (χ0n) is 12.7. The molecule has 1 aromatic carbocycles. The molecular formula is C15H23N3O2S. The number of sulfone groups is 1.